The molecule has 2 atom stereocenters. The van der Waals surface area contributed by atoms with Gasteiger partial charge in [0, 0.05) is 37.9 Å². The number of aryl methyl sites for hydroxylation is 1. The molecule has 2 aliphatic rings. The minimum Gasteiger partial charge on any atom is -0.457 e. The van der Waals surface area contributed by atoms with Crippen LogP contribution < -0.4 is 10.1 Å². The van der Waals surface area contributed by atoms with Crippen molar-refractivity contribution in [1.29, 1.82) is 0 Å². The number of carbonyl (C=O) groups is 3. The zero-order chi connectivity index (χ0) is 24.9. The van der Waals surface area contributed by atoms with Crippen LogP contribution in [0.2, 0.25) is 0 Å². The molecule has 0 spiro atoms. The topological polar surface area (TPSA) is 88.2 Å². The highest BCUT2D eigenvalue weighted by atomic mass is 32.2. The smallest absolute Gasteiger partial charge is 0.254 e. The third-order valence-corrected chi connectivity index (χ3v) is 6.85. The second-order valence-corrected chi connectivity index (χ2v) is 9.94. The molecule has 0 unspecified atom stereocenters. The van der Waals surface area contributed by atoms with Crippen LogP contribution in [-0.2, 0) is 20.9 Å². The van der Waals surface area contributed by atoms with Crippen molar-refractivity contribution in [3.63, 3.8) is 0 Å². The number of nitrogens with one attached hydrogen (secondary N) is 1. The molecular formula is C26H31N3O5S. The quantitative estimate of drug-likeness (QED) is 0.702. The van der Waals surface area contributed by atoms with Gasteiger partial charge < -0.3 is 24.6 Å². The van der Waals surface area contributed by atoms with Crippen molar-refractivity contribution >= 4 is 29.5 Å². The molecule has 0 saturated carbocycles. The fourth-order valence-corrected chi connectivity index (χ4v) is 4.64. The summed E-state index contributed by atoms with van der Waals surface area (Å²) in [7, 11) is 1.59. The number of fused-ring (bicyclic) bond motifs is 5. The van der Waals surface area contributed by atoms with E-state index in [4.69, 9.17) is 9.47 Å². The maximum atomic E-state index is 13.0. The lowest BCUT2D eigenvalue weighted by Gasteiger charge is -2.23. The van der Waals surface area contributed by atoms with E-state index in [0.717, 1.165) is 16.9 Å². The molecule has 9 heteroatoms. The van der Waals surface area contributed by atoms with Gasteiger partial charge in [0.25, 0.3) is 5.91 Å². The molecule has 1 saturated heterocycles. The third kappa shape index (κ3) is 6.15. The van der Waals surface area contributed by atoms with E-state index >= 15 is 0 Å². The maximum absolute atomic E-state index is 13.0. The number of thioether (sulfide) groups is 1. The van der Waals surface area contributed by atoms with Crippen LogP contribution in [0.15, 0.2) is 42.5 Å². The Kier molecular flexibility index (Phi) is 7.97. The number of ether oxygens (including phenoxy) is 2. The molecule has 0 aromatic heterocycles. The highest BCUT2D eigenvalue weighted by Crippen LogP contribution is 2.28. The lowest BCUT2D eigenvalue weighted by Crippen LogP contribution is -2.48. The average molecular weight is 498 g/mol. The van der Waals surface area contributed by atoms with Crippen LogP contribution in [0, 0.1) is 6.92 Å². The molecule has 4 rings (SSSR count). The van der Waals surface area contributed by atoms with Gasteiger partial charge in [-0.25, -0.2) is 0 Å². The first-order valence-electron chi connectivity index (χ1n) is 11.6. The molecule has 35 heavy (non-hydrogen) atoms. The molecule has 2 heterocycles. The van der Waals surface area contributed by atoms with E-state index in [1.165, 1.54) is 4.90 Å². The zero-order valence-electron chi connectivity index (χ0n) is 20.3. The summed E-state index contributed by atoms with van der Waals surface area (Å²) < 4.78 is 12.3. The first kappa shape index (κ1) is 25.1. The molecule has 2 aromatic rings. The van der Waals surface area contributed by atoms with Crippen LogP contribution in [0.1, 0.15) is 27.9 Å². The van der Waals surface area contributed by atoms with Gasteiger partial charge in [-0.15, -0.1) is 0 Å². The predicted molar refractivity (Wildman–Crippen MR) is 135 cm³/mol. The van der Waals surface area contributed by atoms with Crippen molar-refractivity contribution in [3.05, 3.63) is 59.2 Å². The van der Waals surface area contributed by atoms with E-state index in [1.807, 2.05) is 43.5 Å². The molecule has 2 aromatic carbocycles. The Balaban J connectivity index is 1.61. The molecule has 186 valence electrons. The molecule has 2 aliphatic heterocycles. The normalized spacial score (nSPS) is 20.8. The largest absolute Gasteiger partial charge is 0.457 e. The SMILES string of the molecule is CSCCC(=O)N1C[C@@H]2NC(=O)CN(C)C(=O)c3ccc(C)c(c3)Oc3cccc(c3)CO[C@H]2C1. The Bertz CT molecular complexity index is 1110. The minimum absolute atomic E-state index is 0.0490. The van der Waals surface area contributed by atoms with E-state index < -0.39 is 0 Å². The second kappa shape index (κ2) is 11.1. The Morgan fingerprint density at radius 3 is 2.80 bits per heavy atom. The van der Waals surface area contributed by atoms with Crippen LogP contribution in [0.5, 0.6) is 11.5 Å². The Morgan fingerprint density at radius 1 is 1.17 bits per heavy atom. The summed E-state index contributed by atoms with van der Waals surface area (Å²) in [6.45, 7) is 2.92. The number of likely N-dealkylation sites (tertiary alicyclic amines) is 1. The average Bonchev–Trinajstić information content (AvgIpc) is 3.24. The molecule has 0 aliphatic carbocycles. The van der Waals surface area contributed by atoms with Crippen molar-refractivity contribution in [1.82, 2.24) is 15.1 Å². The van der Waals surface area contributed by atoms with Gasteiger partial charge in [0.15, 0.2) is 0 Å². The fourth-order valence-electron chi connectivity index (χ4n) is 4.26. The van der Waals surface area contributed by atoms with Gasteiger partial charge in [-0.05, 0) is 48.6 Å². The summed E-state index contributed by atoms with van der Waals surface area (Å²) in [4.78, 5) is 41.6. The van der Waals surface area contributed by atoms with Gasteiger partial charge in [-0.1, -0.05) is 18.2 Å². The summed E-state index contributed by atoms with van der Waals surface area (Å²) in [5.41, 5.74) is 2.25. The summed E-state index contributed by atoms with van der Waals surface area (Å²) in [5, 5.41) is 2.99. The number of nitrogens with zero attached hydrogens (tertiary/aromatic N) is 2. The maximum Gasteiger partial charge on any atom is 0.254 e. The number of benzene rings is 2. The van der Waals surface area contributed by atoms with Gasteiger partial charge in [0.05, 0.1) is 25.3 Å². The van der Waals surface area contributed by atoms with Crippen molar-refractivity contribution in [3.8, 4) is 11.5 Å². The van der Waals surface area contributed by atoms with E-state index in [0.29, 0.717) is 43.2 Å². The predicted octanol–water partition coefficient (Wildman–Crippen LogP) is 2.84. The van der Waals surface area contributed by atoms with Crippen LogP contribution in [-0.4, -0.2) is 78.4 Å². The number of hydrogen-bond donors (Lipinski definition) is 1. The standard InChI is InChI=1S/C26H31N3O5S/c1-17-7-8-19-12-22(17)34-20-6-4-5-18(11-20)16-33-23-14-29(25(31)9-10-35-3)13-21(23)27-24(30)15-28(2)26(19)32/h4-8,11-12,21,23H,9-10,13-16H2,1-3H3,(H,27,30)/t21-,23-/m0/s1. The van der Waals surface area contributed by atoms with Crippen LogP contribution in [0.25, 0.3) is 0 Å². The van der Waals surface area contributed by atoms with Crippen molar-refractivity contribution in [2.45, 2.75) is 32.1 Å². The molecule has 4 bridgehead atoms. The van der Waals surface area contributed by atoms with Gasteiger partial charge in [0.2, 0.25) is 11.8 Å². The number of likely N-dealkylation sites (N-methyl/N-ethyl adjacent to an activating group) is 1. The molecule has 1 fully saturated rings. The zero-order valence-corrected chi connectivity index (χ0v) is 21.1. The molecular weight excluding hydrogens is 466 g/mol. The highest BCUT2D eigenvalue weighted by Gasteiger charge is 2.37. The number of rotatable bonds is 3. The highest BCUT2D eigenvalue weighted by molar-refractivity contribution is 7.98. The fraction of sp³-hybridized carbons (Fsp3) is 0.423. The van der Waals surface area contributed by atoms with E-state index in [1.54, 1.807) is 35.8 Å². The molecule has 8 nitrogen and oxygen atoms in total. The summed E-state index contributed by atoms with van der Waals surface area (Å²) in [6, 6.07) is 12.5. The molecule has 3 amide bonds. The Morgan fingerprint density at radius 2 is 2.00 bits per heavy atom. The van der Waals surface area contributed by atoms with E-state index in [-0.39, 0.29) is 36.4 Å². The number of carbonyl (C=O) groups excluding carboxylic acids is 3. The van der Waals surface area contributed by atoms with E-state index in [9.17, 15) is 14.4 Å². The van der Waals surface area contributed by atoms with E-state index in [2.05, 4.69) is 5.32 Å². The lowest BCUT2D eigenvalue weighted by molar-refractivity contribution is -0.130. The van der Waals surface area contributed by atoms with Crippen molar-refractivity contribution in [2.24, 2.45) is 0 Å². The molecule has 0 radical (unpaired) electrons. The Hall–Kier alpha value is -3.04. The number of amides is 3. The van der Waals surface area contributed by atoms with Crippen molar-refractivity contribution < 1.29 is 23.9 Å². The van der Waals surface area contributed by atoms with Crippen molar-refractivity contribution in [2.75, 3.05) is 38.7 Å². The summed E-state index contributed by atoms with van der Waals surface area (Å²) >= 11 is 1.63. The molecule has 1 N–H and O–H groups in total. The van der Waals surface area contributed by atoms with Gasteiger partial charge in [0.1, 0.15) is 11.5 Å². The second-order valence-electron chi connectivity index (χ2n) is 8.96. The number of hydrogen-bond acceptors (Lipinski definition) is 6. The minimum atomic E-state index is -0.359. The van der Waals surface area contributed by atoms with Crippen LogP contribution in [0.4, 0.5) is 0 Å². The lowest BCUT2D eigenvalue weighted by atomic mass is 10.1. The summed E-state index contributed by atoms with van der Waals surface area (Å²) in [5.74, 6) is 1.44. The van der Waals surface area contributed by atoms with Gasteiger partial charge in [-0.2, -0.15) is 11.8 Å². The van der Waals surface area contributed by atoms with Gasteiger partial charge >= 0.3 is 0 Å². The Labute approximate surface area is 209 Å². The summed E-state index contributed by atoms with van der Waals surface area (Å²) in [6.07, 6.45) is 2.06. The first-order valence-corrected chi connectivity index (χ1v) is 13.0. The monoisotopic (exact) mass is 497 g/mol. The first-order chi connectivity index (χ1) is 16.8. The van der Waals surface area contributed by atoms with Gasteiger partial charge in [-0.3, -0.25) is 14.4 Å². The van der Waals surface area contributed by atoms with Crippen LogP contribution in [0.3, 0.4) is 0 Å². The third-order valence-electron chi connectivity index (χ3n) is 6.24. The van der Waals surface area contributed by atoms with Crippen LogP contribution >= 0.6 is 11.8 Å².